The lowest BCUT2D eigenvalue weighted by molar-refractivity contribution is 0.0940. The smallest absolute Gasteiger partial charge is 0.251 e. The van der Waals surface area contributed by atoms with Crippen molar-refractivity contribution in [1.82, 2.24) is 14.5 Å². The molecule has 6 nitrogen and oxygen atoms in total. The molecule has 0 bridgehead atoms. The third kappa shape index (κ3) is 6.66. The summed E-state index contributed by atoms with van der Waals surface area (Å²) in [6.45, 7) is 11.5. The zero-order valence-electron chi connectivity index (χ0n) is 22.1. The summed E-state index contributed by atoms with van der Waals surface area (Å²) in [5.74, 6) is -0.0984. The second kappa shape index (κ2) is 11.2. The van der Waals surface area contributed by atoms with Gasteiger partial charge in [-0.05, 0) is 53.3 Å². The highest BCUT2D eigenvalue weighted by Crippen LogP contribution is 2.24. The number of carbonyl (C=O) groups excluding carboxylic acids is 1. The van der Waals surface area contributed by atoms with E-state index in [0.717, 1.165) is 17.7 Å². The molecule has 0 unspecified atom stereocenters. The molecule has 0 spiro atoms. The van der Waals surface area contributed by atoms with Crippen molar-refractivity contribution in [3.8, 4) is 0 Å². The van der Waals surface area contributed by atoms with Gasteiger partial charge in [0.1, 0.15) is 0 Å². The van der Waals surface area contributed by atoms with E-state index in [1.807, 2.05) is 37.3 Å². The molecule has 1 atom stereocenters. The zero-order valence-corrected chi connectivity index (χ0v) is 23.0. The van der Waals surface area contributed by atoms with E-state index < -0.39 is 10.0 Å². The van der Waals surface area contributed by atoms with Crippen LogP contribution in [0.3, 0.4) is 0 Å². The van der Waals surface area contributed by atoms with Gasteiger partial charge >= 0.3 is 0 Å². The Balaban J connectivity index is 1.29. The number of carbonyl (C=O) groups is 1. The van der Waals surface area contributed by atoms with E-state index in [9.17, 15) is 13.2 Å². The highest BCUT2D eigenvalue weighted by molar-refractivity contribution is 7.89. The SMILES string of the molecule is C[C@H](NC(=O)c1ccc(CN2CCN(S(=O)(=O)c3ccccc3)CC2)cc1)c1ccc(C(C)(C)C)cc1. The molecule has 0 aliphatic carbocycles. The minimum Gasteiger partial charge on any atom is -0.346 e. The number of piperazine rings is 1. The molecule has 1 amide bonds. The van der Waals surface area contributed by atoms with Crippen molar-refractivity contribution in [2.24, 2.45) is 0 Å². The molecule has 37 heavy (non-hydrogen) atoms. The zero-order chi connectivity index (χ0) is 26.6. The number of nitrogens with one attached hydrogen (secondary N) is 1. The number of hydrogen-bond acceptors (Lipinski definition) is 4. The Morgan fingerprint density at radius 1 is 0.865 bits per heavy atom. The van der Waals surface area contributed by atoms with Crippen molar-refractivity contribution >= 4 is 15.9 Å². The molecular weight excluding hydrogens is 482 g/mol. The molecule has 1 heterocycles. The number of sulfonamides is 1. The Hall–Kier alpha value is -3.00. The number of amides is 1. The summed E-state index contributed by atoms with van der Waals surface area (Å²) < 4.78 is 27.2. The van der Waals surface area contributed by atoms with E-state index in [1.165, 1.54) is 5.56 Å². The topological polar surface area (TPSA) is 69.7 Å². The quantitative estimate of drug-likeness (QED) is 0.478. The fourth-order valence-electron chi connectivity index (χ4n) is 4.52. The van der Waals surface area contributed by atoms with Gasteiger partial charge in [0.15, 0.2) is 0 Å². The van der Waals surface area contributed by atoms with Crippen LogP contribution in [0.25, 0.3) is 0 Å². The van der Waals surface area contributed by atoms with Crippen molar-refractivity contribution < 1.29 is 13.2 Å². The molecule has 3 aromatic rings. The molecule has 4 rings (SSSR count). The van der Waals surface area contributed by atoms with E-state index >= 15 is 0 Å². The first-order chi connectivity index (χ1) is 17.5. The summed E-state index contributed by atoms with van der Waals surface area (Å²) in [7, 11) is -3.45. The fraction of sp³-hybridized carbons (Fsp3) is 0.367. The van der Waals surface area contributed by atoms with Crippen LogP contribution in [0.2, 0.25) is 0 Å². The van der Waals surface area contributed by atoms with Crippen LogP contribution in [0.15, 0.2) is 83.8 Å². The van der Waals surface area contributed by atoms with Gasteiger partial charge in [0.25, 0.3) is 5.91 Å². The lowest BCUT2D eigenvalue weighted by Crippen LogP contribution is -2.48. The monoisotopic (exact) mass is 519 g/mol. The van der Waals surface area contributed by atoms with E-state index in [4.69, 9.17) is 0 Å². The molecule has 1 aliphatic heterocycles. The molecule has 196 valence electrons. The molecule has 0 radical (unpaired) electrons. The van der Waals surface area contributed by atoms with Gasteiger partial charge in [0.05, 0.1) is 10.9 Å². The largest absolute Gasteiger partial charge is 0.346 e. The third-order valence-corrected chi connectivity index (χ3v) is 8.87. The summed E-state index contributed by atoms with van der Waals surface area (Å²) in [5.41, 5.74) is 4.17. The summed E-state index contributed by atoms with van der Waals surface area (Å²) in [6.07, 6.45) is 0. The van der Waals surface area contributed by atoms with Crippen LogP contribution in [0.5, 0.6) is 0 Å². The van der Waals surface area contributed by atoms with Crippen LogP contribution in [0.1, 0.15) is 60.8 Å². The Labute approximate surface area is 221 Å². The van der Waals surface area contributed by atoms with Crippen molar-refractivity contribution in [2.75, 3.05) is 26.2 Å². The molecule has 1 fully saturated rings. The normalized spacial score (nSPS) is 16.3. The molecule has 1 saturated heterocycles. The minimum absolute atomic E-state index is 0.0929. The number of benzene rings is 3. The summed E-state index contributed by atoms with van der Waals surface area (Å²) in [4.78, 5) is 15.4. The van der Waals surface area contributed by atoms with Crippen molar-refractivity contribution in [3.05, 3.63) is 101 Å². The van der Waals surface area contributed by atoms with Crippen LogP contribution in [-0.4, -0.2) is 49.7 Å². The van der Waals surface area contributed by atoms with Crippen LogP contribution >= 0.6 is 0 Å². The van der Waals surface area contributed by atoms with E-state index in [1.54, 1.807) is 28.6 Å². The van der Waals surface area contributed by atoms with Crippen LogP contribution in [-0.2, 0) is 22.0 Å². The predicted octanol–water partition coefficient (Wildman–Crippen LogP) is 4.98. The standard InChI is InChI=1S/C30H37N3O3S/c1-23(25-14-16-27(17-15-25)30(2,3)4)31-29(34)26-12-10-24(11-13-26)22-32-18-20-33(21-19-32)37(35,36)28-8-6-5-7-9-28/h5-17,23H,18-22H2,1-4H3,(H,31,34)/t23-/m0/s1. The van der Waals surface area contributed by atoms with Crippen molar-refractivity contribution in [3.63, 3.8) is 0 Å². The lowest BCUT2D eigenvalue weighted by Gasteiger charge is -2.34. The average Bonchev–Trinajstić information content (AvgIpc) is 2.89. The molecule has 0 aromatic heterocycles. The van der Waals surface area contributed by atoms with Gasteiger partial charge in [0, 0.05) is 38.3 Å². The van der Waals surface area contributed by atoms with Gasteiger partial charge in [-0.3, -0.25) is 9.69 Å². The van der Waals surface area contributed by atoms with Gasteiger partial charge in [-0.25, -0.2) is 8.42 Å². The van der Waals surface area contributed by atoms with E-state index in [0.29, 0.717) is 36.6 Å². The van der Waals surface area contributed by atoms with Crippen LogP contribution < -0.4 is 5.32 Å². The maximum Gasteiger partial charge on any atom is 0.251 e. The first-order valence-corrected chi connectivity index (χ1v) is 14.3. The molecule has 1 N–H and O–H groups in total. The average molecular weight is 520 g/mol. The van der Waals surface area contributed by atoms with Gasteiger partial charge in [-0.1, -0.05) is 75.4 Å². The first kappa shape index (κ1) is 27.0. The highest BCUT2D eigenvalue weighted by atomic mass is 32.2. The lowest BCUT2D eigenvalue weighted by atomic mass is 9.86. The Morgan fingerprint density at radius 3 is 2.03 bits per heavy atom. The van der Waals surface area contributed by atoms with Gasteiger partial charge in [-0.15, -0.1) is 0 Å². The Morgan fingerprint density at radius 2 is 1.46 bits per heavy atom. The van der Waals surface area contributed by atoms with Crippen molar-refractivity contribution in [2.45, 2.75) is 50.6 Å². The van der Waals surface area contributed by atoms with E-state index in [2.05, 4.69) is 55.3 Å². The number of hydrogen-bond donors (Lipinski definition) is 1. The maximum atomic E-state index is 12.8. The summed E-state index contributed by atoms with van der Waals surface area (Å²) in [6, 6.07) is 24.6. The molecule has 7 heteroatoms. The molecular formula is C30H37N3O3S. The minimum atomic E-state index is -3.45. The second-order valence-corrected chi connectivity index (χ2v) is 12.7. The molecule has 0 saturated carbocycles. The van der Waals surface area contributed by atoms with Crippen LogP contribution in [0.4, 0.5) is 0 Å². The molecule has 3 aromatic carbocycles. The van der Waals surface area contributed by atoms with Gasteiger partial charge < -0.3 is 5.32 Å². The first-order valence-electron chi connectivity index (χ1n) is 12.8. The number of nitrogens with zero attached hydrogens (tertiary/aromatic N) is 2. The van der Waals surface area contributed by atoms with Crippen molar-refractivity contribution in [1.29, 1.82) is 0 Å². The number of rotatable bonds is 7. The van der Waals surface area contributed by atoms with Gasteiger partial charge in [0.2, 0.25) is 10.0 Å². The van der Waals surface area contributed by atoms with Crippen LogP contribution in [0, 0.1) is 0 Å². The maximum absolute atomic E-state index is 12.8. The predicted molar refractivity (Wildman–Crippen MR) is 148 cm³/mol. The van der Waals surface area contributed by atoms with Gasteiger partial charge in [-0.2, -0.15) is 4.31 Å². The Bertz CT molecular complexity index is 1290. The third-order valence-electron chi connectivity index (χ3n) is 6.96. The second-order valence-electron chi connectivity index (χ2n) is 10.8. The molecule has 1 aliphatic rings. The summed E-state index contributed by atoms with van der Waals surface area (Å²) >= 11 is 0. The Kier molecular flexibility index (Phi) is 8.17. The highest BCUT2D eigenvalue weighted by Gasteiger charge is 2.28. The summed E-state index contributed by atoms with van der Waals surface area (Å²) in [5, 5.41) is 3.09. The van der Waals surface area contributed by atoms with E-state index in [-0.39, 0.29) is 17.4 Å². The fourth-order valence-corrected chi connectivity index (χ4v) is 5.97.